The van der Waals surface area contributed by atoms with E-state index in [-0.39, 0.29) is 18.4 Å². The summed E-state index contributed by atoms with van der Waals surface area (Å²) in [6.07, 6.45) is -0.926. The zero-order chi connectivity index (χ0) is 21.9. The number of carbonyl (C=O) groups excluding carboxylic acids is 3. The van der Waals surface area contributed by atoms with E-state index >= 15 is 0 Å². The van der Waals surface area contributed by atoms with Crippen molar-refractivity contribution in [3.05, 3.63) is 59.7 Å². The van der Waals surface area contributed by atoms with Crippen LogP contribution < -0.4 is 15.4 Å². The fourth-order valence-electron chi connectivity index (χ4n) is 5.23. The molecule has 3 amide bonds. The van der Waals surface area contributed by atoms with Crippen LogP contribution in [0.25, 0.3) is 0 Å². The predicted octanol–water partition coefficient (Wildman–Crippen LogP) is 0.997. The summed E-state index contributed by atoms with van der Waals surface area (Å²) in [4.78, 5) is 41.4. The van der Waals surface area contributed by atoms with Crippen LogP contribution in [0, 0.1) is 11.8 Å². The maximum Gasteiger partial charge on any atom is 0.250 e. The summed E-state index contributed by atoms with van der Waals surface area (Å²) in [5.74, 6) is -2.24. The van der Waals surface area contributed by atoms with Gasteiger partial charge in [-0.15, -0.1) is 0 Å². The van der Waals surface area contributed by atoms with E-state index in [4.69, 9.17) is 4.74 Å². The Morgan fingerprint density at radius 2 is 1.81 bits per heavy atom. The summed E-state index contributed by atoms with van der Waals surface area (Å²) >= 11 is 0. The van der Waals surface area contributed by atoms with E-state index in [1.54, 1.807) is 62.6 Å². The number of nitrogens with one attached hydrogen (secondary N) is 2. The molecule has 3 aliphatic heterocycles. The molecule has 5 atom stereocenters. The molecule has 0 aliphatic carbocycles. The Bertz CT molecular complexity index is 1080. The molecule has 3 aliphatic rings. The minimum absolute atomic E-state index is 0.0978. The van der Waals surface area contributed by atoms with Crippen LogP contribution in [0.3, 0.4) is 0 Å². The first-order valence-corrected chi connectivity index (χ1v) is 10.2. The summed E-state index contributed by atoms with van der Waals surface area (Å²) in [6, 6.07) is 13.6. The number of hydrogen-bond donors (Lipinski definition) is 3. The summed E-state index contributed by atoms with van der Waals surface area (Å²) < 4.78 is 5.16. The van der Waals surface area contributed by atoms with Gasteiger partial charge in [0.05, 0.1) is 31.6 Å². The van der Waals surface area contributed by atoms with Gasteiger partial charge < -0.3 is 15.2 Å². The van der Waals surface area contributed by atoms with Crippen molar-refractivity contribution in [3.63, 3.8) is 0 Å². The lowest BCUT2D eigenvalue weighted by Gasteiger charge is -2.30. The molecule has 3 heterocycles. The second-order valence-electron chi connectivity index (χ2n) is 8.33. The minimum atomic E-state index is -1.38. The van der Waals surface area contributed by atoms with E-state index in [2.05, 4.69) is 10.6 Å². The van der Waals surface area contributed by atoms with Crippen LogP contribution in [-0.2, 0) is 26.5 Å². The molecule has 2 aromatic rings. The number of anilines is 1. The fraction of sp³-hybridized carbons (Fsp3) is 0.348. The molecule has 2 aromatic carbocycles. The number of methoxy groups -OCH3 is 1. The highest BCUT2D eigenvalue weighted by Gasteiger charge is 2.70. The van der Waals surface area contributed by atoms with Gasteiger partial charge in [0.25, 0.3) is 0 Å². The van der Waals surface area contributed by atoms with Crippen molar-refractivity contribution < 1.29 is 24.2 Å². The standard InChI is InChI=1S/C23H23N3O5/c1-12(27)19-17-18(23(25-19)15-5-3-4-6-16(15)24-22(23)30)21(29)26(20(17)28)11-13-7-9-14(31-2)10-8-13/h3-10,12,17-19,25,27H,11H2,1-2H3,(H,24,30)/t12?,17-,18-,19-,23-/m0/s1. The molecule has 2 fully saturated rings. The Morgan fingerprint density at radius 1 is 1.10 bits per heavy atom. The fourth-order valence-corrected chi connectivity index (χ4v) is 5.23. The average molecular weight is 421 g/mol. The van der Waals surface area contributed by atoms with Crippen molar-refractivity contribution >= 4 is 23.4 Å². The van der Waals surface area contributed by atoms with Crippen LogP contribution in [0.4, 0.5) is 5.69 Å². The molecule has 1 unspecified atom stereocenters. The number of fused-ring (bicyclic) bond motifs is 4. The van der Waals surface area contributed by atoms with Gasteiger partial charge >= 0.3 is 0 Å². The van der Waals surface area contributed by atoms with Crippen molar-refractivity contribution in [2.45, 2.75) is 31.2 Å². The molecular weight excluding hydrogens is 398 g/mol. The third-order valence-electron chi connectivity index (χ3n) is 6.67. The molecule has 31 heavy (non-hydrogen) atoms. The van der Waals surface area contributed by atoms with E-state index in [1.165, 1.54) is 4.90 Å². The van der Waals surface area contributed by atoms with Crippen LogP contribution in [0.1, 0.15) is 18.1 Å². The average Bonchev–Trinajstić information content (AvgIpc) is 3.35. The van der Waals surface area contributed by atoms with Crippen LogP contribution >= 0.6 is 0 Å². The van der Waals surface area contributed by atoms with Gasteiger partial charge in [0.1, 0.15) is 11.3 Å². The highest BCUT2D eigenvalue weighted by Crippen LogP contribution is 2.53. The lowest BCUT2D eigenvalue weighted by molar-refractivity contribution is -0.143. The third-order valence-corrected chi connectivity index (χ3v) is 6.67. The van der Waals surface area contributed by atoms with Gasteiger partial charge in [-0.2, -0.15) is 0 Å². The third kappa shape index (κ3) is 2.65. The summed E-state index contributed by atoms with van der Waals surface area (Å²) in [5.41, 5.74) is 0.628. The number of hydrogen-bond acceptors (Lipinski definition) is 6. The zero-order valence-electron chi connectivity index (χ0n) is 17.2. The predicted molar refractivity (Wildman–Crippen MR) is 111 cm³/mol. The van der Waals surface area contributed by atoms with Gasteiger partial charge in [-0.3, -0.25) is 24.6 Å². The lowest BCUT2D eigenvalue weighted by Crippen LogP contribution is -2.54. The van der Waals surface area contributed by atoms with Crippen LogP contribution in [-0.4, -0.2) is 47.0 Å². The second kappa shape index (κ2) is 6.90. The first-order valence-electron chi connectivity index (χ1n) is 10.2. The molecule has 3 N–H and O–H groups in total. The van der Waals surface area contributed by atoms with E-state index in [1.807, 2.05) is 0 Å². The van der Waals surface area contributed by atoms with Gasteiger partial charge in [-0.1, -0.05) is 30.3 Å². The number of amides is 3. The number of para-hydroxylation sites is 1. The molecular formula is C23H23N3O5. The Balaban J connectivity index is 1.56. The Morgan fingerprint density at radius 3 is 2.48 bits per heavy atom. The van der Waals surface area contributed by atoms with Gasteiger partial charge in [-0.05, 0) is 30.7 Å². The number of likely N-dealkylation sites (tertiary alicyclic amines) is 1. The number of imide groups is 1. The summed E-state index contributed by atoms with van der Waals surface area (Å²) in [6.45, 7) is 1.66. The maximum atomic E-state index is 13.6. The van der Waals surface area contributed by atoms with Gasteiger partial charge in [0.15, 0.2) is 0 Å². The molecule has 0 saturated carbocycles. The highest BCUT2D eigenvalue weighted by atomic mass is 16.5. The van der Waals surface area contributed by atoms with E-state index in [0.717, 1.165) is 5.56 Å². The van der Waals surface area contributed by atoms with Crippen molar-refractivity contribution in [2.24, 2.45) is 11.8 Å². The minimum Gasteiger partial charge on any atom is -0.497 e. The molecule has 2 saturated heterocycles. The SMILES string of the molecule is COc1ccc(CN2C(=O)[C@H]3[C@@H](C2=O)[C@]2(N[C@H]3C(C)O)C(=O)Nc3ccccc32)cc1. The topological polar surface area (TPSA) is 108 Å². The van der Waals surface area contributed by atoms with E-state index in [9.17, 15) is 19.5 Å². The number of nitrogens with zero attached hydrogens (tertiary/aromatic N) is 1. The Hall–Kier alpha value is -3.23. The van der Waals surface area contributed by atoms with Crippen LogP contribution in [0.5, 0.6) is 5.75 Å². The largest absolute Gasteiger partial charge is 0.497 e. The number of aliphatic hydroxyl groups is 1. The van der Waals surface area contributed by atoms with Gasteiger partial charge in [0, 0.05) is 17.3 Å². The van der Waals surface area contributed by atoms with Crippen molar-refractivity contribution in [2.75, 3.05) is 12.4 Å². The normalized spacial score (nSPS) is 29.8. The quantitative estimate of drug-likeness (QED) is 0.636. The highest BCUT2D eigenvalue weighted by molar-refractivity contribution is 6.15. The van der Waals surface area contributed by atoms with E-state index in [0.29, 0.717) is 17.0 Å². The van der Waals surface area contributed by atoms with Gasteiger partial charge in [0.2, 0.25) is 17.7 Å². The number of ether oxygens (including phenoxy) is 1. The summed E-state index contributed by atoms with van der Waals surface area (Å²) in [7, 11) is 1.57. The molecule has 8 heteroatoms. The van der Waals surface area contributed by atoms with Crippen molar-refractivity contribution in [1.82, 2.24) is 10.2 Å². The molecule has 0 bridgehead atoms. The maximum absolute atomic E-state index is 13.6. The zero-order valence-corrected chi connectivity index (χ0v) is 17.2. The molecule has 8 nitrogen and oxygen atoms in total. The number of benzene rings is 2. The number of aliphatic hydroxyl groups excluding tert-OH is 1. The second-order valence-corrected chi connectivity index (χ2v) is 8.33. The molecule has 160 valence electrons. The first-order chi connectivity index (χ1) is 14.9. The molecule has 0 radical (unpaired) electrons. The lowest BCUT2D eigenvalue weighted by atomic mass is 9.76. The molecule has 0 aromatic heterocycles. The number of rotatable bonds is 4. The first kappa shape index (κ1) is 19.7. The van der Waals surface area contributed by atoms with Crippen LogP contribution in [0.2, 0.25) is 0 Å². The van der Waals surface area contributed by atoms with Crippen molar-refractivity contribution in [1.29, 1.82) is 0 Å². The Labute approximate surface area is 179 Å². The Kier molecular flexibility index (Phi) is 4.39. The molecule has 1 spiro atoms. The van der Waals surface area contributed by atoms with Gasteiger partial charge in [-0.25, -0.2) is 0 Å². The number of carbonyl (C=O) groups is 3. The van der Waals surface area contributed by atoms with E-state index < -0.39 is 35.4 Å². The summed E-state index contributed by atoms with van der Waals surface area (Å²) in [5, 5.41) is 16.4. The molecule has 5 rings (SSSR count). The van der Waals surface area contributed by atoms with Crippen LogP contribution in [0.15, 0.2) is 48.5 Å². The monoisotopic (exact) mass is 421 g/mol. The van der Waals surface area contributed by atoms with Crippen molar-refractivity contribution in [3.8, 4) is 5.75 Å². The smallest absolute Gasteiger partial charge is 0.250 e.